The first-order chi connectivity index (χ1) is 9.38. The summed E-state index contributed by atoms with van der Waals surface area (Å²) < 4.78 is 1.85. The van der Waals surface area contributed by atoms with Gasteiger partial charge in [-0.3, -0.25) is 9.58 Å². The molecule has 0 radical (unpaired) electrons. The molecular formula is C14H21N5. The summed E-state index contributed by atoms with van der Waals surface area (Å²) in [4.78, 5) is 6.32. The minimum absolute atomic E-state index is 0.687. The summed E-state index contributed by atoms with van der Waals surface area (Å²) in [5.74, 6) is 0. The Morgan fingerprint density at radius 1 is 1.11 bits per heavy atom. The Morgan fingerprint density at radius 2 is 1.95 bits per heavy atom. The minimum Gasteiger partial charge on any atom is -0.329 e. The molecule has 2 rings (SSSR count). The van der Waals surface area contributed by atoms with Gasteiger partial charge in [0.25, 0.3) is 0 Å². The molecule has 0 saturated carbocycles. The maximum atomic E-state index is 5.67. The van der Waals surface area contributed by atoms with E-state index in [2.05, 4.69) is 39.2 Å². The van der Waals surface area contributed by atoms with E-state index in [4.69, 9.17) is 5.73 Å². The first-order valence-corrected chi connectivity index (χ1v) is 6.67. The Morgan fingerprint density at radius 3 is 2.63 bits per heavy atom. The molecule has 19 heavy (non-hydrogen) atoms. The smallest absolute Gasteiger partial charge is 0.137 e. The van der Waals surface area contributed by atoms with Gasteiger partial charge >= 0.3 is 0 Å². The summed E-state index contributed by atoms with van der Waals surface area (Å²) in [7, 11) is 0. The molecule has 0 aliphatic carbocycles. The zero-order valence-corrected chi connectivity index (χ0v) is 11.2. The molecule has 0 atom stereocenters. The SMILES string of the molecule is NCCN(CCc1ccccc1)CCn1cncn1. The van der Waals surface area contributed by atoms with Crippen molar-refractivity contribution in [2.45, 2.75) is 13.0 Å². The van der Waals surface area contributed by atoms with Gasteiger partial charge in [-0.25, -0.2) is 4.98 Å². The van der Waals surface area contributed by atoms with Gasteiger partial charge < -0.3 is 5.73 Å². The first kappa shape index (κ1) is 13.7. The monoisotopic (exact) mass is 259 g/mol. The second kappa shape index (κ2) is 7.66. The van der Waals surface area contributed by atoms with Crippen LogP contribution in [-0.2, 0) is 13.0 Å². The largest absolute Gasteiger partial charge is 0.329 e. The van der Waals surface area contributed by atoms with E-state index in [9.17, 15) is 0 Å². The van der Waals surface area contributed by atoms with Crippen molar-refractivity contribution in [3.63, 3.8) is 0 Å². The number of hydrogen-bond donors (Lipinski definition) is 1. The predicted molar refractivity (Wildman–Crippen MR) is 75.7 cm³/mol. The van der Waals surface area contributed by atoms with Crippen molar-refractivity contribution < 1.29 is 0 Å². The zero-order valence-electron chi connectivity index (χ0n) is 11.2. The highest BCUT2D eigenvalue weighted by molar-refractivity contribution is 5.14. The molecule has 0 fully saturated rings. The number of aromatic nitrogens is 3. The molecule has 2 N–H and O–H groups in total. The van der Waals surface area contributed by atoms with Gasteiger partial charge in [-0.2, -0.15) is 5.10 Å². The van der Waals surface area contributed by atoms with Crippen molar-refractivity contribution in [1.82, 2.24) is 19.7 Å². The van der Waals surface area contributed by atoms with Gasteiger partial charge in [-0.05, 0) is 12.0 Å². The van der Waals surface area contributed by atoms with Crippen LogP contribution in [0, 0.1) is 0 Å². The van der Waals surface area contributed by atoms with E-state index in [1.807, 2.05) is 10.7 Å². The second-order valence-corrected chi connectivity index (χ2v) is 4.52. The van der Waals surface area contributed by atoms with Gasteiger partial charge in [0.1, 0.15) is 12.7 Å². The number of rotatable bonds is 8. The van der Waals surface area contributed by atoms with E-state index in [1.54, 1.807) is 12.7 Å². The fourth-order valence-corrected chi connectivity index (χ4v) is 2.04. The van der Waals surface area contributed by atoms with Crippen LogP contribution in [0.15, 0.2) is 43.0 Å². The fraction of sp³-hybridized carbons (Fsp3) is 0.429. The fourth-order valence-electron chi connectivity index (χ4n) is 2.04. The maximum Gasteiger partial charge on any atom is 0.137 e. The summed E-state index contributed by atoms with van der Waals surface area (Å²) in [5, 5.41) is 4.11. The topological polar surface area (TPSA) is 60.0 Å². The van der Waals surface area contributed by atoms with Crippen LogP contribution in [-0.4, -0.2) is 45.8 Å². The Labute approximate surface area is 114 Å². The van der Waals surface area contributed by atoms with Crippen LogP contribution in [0.5, 0.6) is 0 Å². The Bertz CT molecular complexity index is 440. The van der Waals surface area contributed by atoms with E-state index in [0.29, 0.717) is 6.54 Å². The van der Waals surface area contributed by atoms with Crippen molar-refractivity contribution in [3.05, 3.63) is 48.5 Å². The van der Waals surface area contributed by atoms with E-state index in [-0.39, 0.29) is 0 Å². The molecule has 5 nitrogen and oxygen atoms in total. The number of hydrogen-bond acceptors (Lipinski definition) is 4. The van der Waals surface area contributed by atoms with Crippen molar-refractivity contribution in [2.24, 2.45) is 5.73 Å². The molecular weight excluding hydrogens is 238 g/mol. The molecule has 1 heterocycles. The number of nitrogens with two attached hydrogens (primary N) is 1. The maximum absolute atomic E-state index is 5.67. The van der Waals surface area contributed by atoms with Crippen molar-refractivity contribution in [2.75, 3.05) is 26.2 Å². The van der Waals surface area contributed by atoms with Crippen molar-refractivity contribution >= 4 is 0 Å². The van der Waals surface area contributed by atoms with Crippen LogP contribution in [0.2, 0.25) is 0 Å². The molecule has 2 aromatic rings. The van der Waals surface area contributed by atoms with Crippen molar-refractivity contribution in [1.29, 1.82) is 0 Å². The molecule has 0 aliphatic rings. The predicted octanol–water partition coefficient (Wildman–Crippen LogP) is 0.781. The van der Waals surface area contributed by atoms with Gasteiger partial charge in [-0.15, -0.1) is 0 Å². The highest BCUT2D eigenvalue weighted by atomic mass is 15.3. The number of benzene rings is 1. The van der Waals surface area contributed by atoms with E-state index < -0.39 is 0 Å². The standard InChI is InChI=1S/C14H21N5/c15-7-9-18(10-11-19-13-16-12-17-19)8-6-14-4-2-1-3-5-14/h1-5,12-13H,6-11,15H2. The van der Waals surface area contributed by atoms with Gasteiger partial charge in [0.05, 0.1) is 6.54 Å². The molecule has 5 heteroatoms. The normalized spacial score (nSPS) is 11.1. The molecule has 0 bridgehead atoms. The summed E-state index contributed by atoms with van der Waals surface area (Å²) in [5.41, 5.74) is 7.04. The summed E-state index contributed by atoms with van der Waals surface area (Å²) in [6.45, 7) is 4.44. The summed E-state index contributed by atoms with van der Waals surface area (Å²) in [6.07, 6.45) is 4.37. The van der Waals surface area contributed by atoms with Crippen LogP contribution >= 0.6 is 0 Å². The van der Waals surface area contributed by atoms with Gasteiger partial charge in [0.2, 0.25) is 0 Å². The Hall–Kier alpha value is -1.72. The number of nitrogens with zero attached hydrogens (tertiary/aromatic N) is 4. The Kier molecular flexibility index (Phi) is 5.52. The van der Waals surface area contributed by atoms with Gasteiger partial charge in [0, 0.05) is 26.2 Å². The average molecular weight is 259 g/mol. The zero-order chi connectivity index (χ0) is 13.3. The molecule has 0 aliphatic heterocycles. The lowest BCUT2D eigenvalue weighted by Gasteiger charge is -2.21. The van der Waals surface area contributed by atoms with E-state index in [1.165, 1.54) is 5.56 Å². The van der Waals surface area contributed by atoms with E-state index >= 15 is 0 Å². The van der Waals surface area contributed by atoms with Crippen LogP contribution in [0.4, 0.5) is 0 Å². The third-order valence-corrected chi connectivity index (χ3v) is 3.12. The third-order valence-electron chi connectivity index (χ3n) is 3.12. The molecule has 1 aromatic carbocycles. The summed E-state index contributed by atoms with van der Waals surface area (Å²) >= 11 is 0. The minimum atomic E-state index is 0.687. The lowest BCUT2D eigenvalue weighted by atomic mass is 10.1. The summed E-state index contributed by atoms with van der Waals surface area (Å²) in [6, 6.07) is 10.5. The third kappa shape index (κ3) is 4.81. The highest BCUT2D eigenvalue weighted by Crippen LogP contribution is 2.01. The molecule has 102 valence electrons. The average Bonchev–Trinajstić information content (AvgIpc) is 2.96. The first-order valence-electron chi connectivity index (χ1n) is 6.67. The van der Waals surface area contributed by atoms with Gasteiger partial charge in [-0.1, -0.05) is 30.3 Å². The molecule has 0 spiro atoms. The lowest BCUT2D eigenvalue weighted by molar-refractivity contribution is 0.268. The quantitative estimate of drug-likeness (QED) is 0.761. The second-order valence-electron chi connectivity index (χ2n) is 4.52. The molecule has 0 unspecified atom stereocenters. The van der Waals surface area contributed by atoms with Crippen LogP contribution in [0.25, 0.3) is 0 Å². The molecule has 0 saturated heterocycles. The van der Waals surface area contributed by atoms with Crippen LogP contribution < -0.4 is 5.73 Å². The lowest BCUT2D eigenvalue weighted by Crippen LogP contribution is -2.34. The van der Waals surface area contributed by atoms with Crippen LogP contribution in [0.3, 0.4) is 0 Å². The highest BCUT2D eigenvalue weighted by Gasteiger charge is 2.04. The van der Waals surface area contributed by atoms with Crippen LogP contribution in [0.1, 0.15) is 5.56 Å². The van der Waals surface area contributed by atoms with Crippen molar-refractivity contribution in [3.8, 4) is 0 Å². The molecule has 1 aromatic heterocycles. The van der Waals surface area contributed by atoms with E-state index in [0.717, 1.165) is 32.6 Å². The Balaban J connectivity index is 1.78. The van der Waals surface area contributed by atoms with Gasteiger partial charge in [0.15, 0.2) is 0 Å². The molecule has 0 amide bonds.